The molecule has 7 nitrogen and oxygen atoms in total. The highest BCUT2D eigenvalue weighted by Gasteiger charge is 2.16. The third-order valence-electron chi connectivity index (χ3n) is 5.44. The summed E-state index contributed by atoms with van der Waals surface area (Å²) in [5.41, 5.74) is 3.66. The predicted molar refractivity (Wildman–Crippen MR) is 122 cm³/mol. The maximum atomic E-state index is 14.0. The second kappa shape index (κ2) is 8.04. The number of rotatable bonds is 5. The Balaban J connectivity index is 1.38. The zero-order valence-corrected chi connectivity index (χ0v) is 17.6. The largest absolute Gasteiger partial charge is 0.486 e. The van der Waals surface area contributed by atoms with Crippen molar-refractivity contribution in [2.45, 2.75) is 6.61 Å². The Morgan fingerprint density at radius 3 is 2.56 bits per heavy atom. The first kappa shape index (κ1) is 20.0. The van der Waals surface area contributed by atoms with Gasteiger partial charge in [0, 0.05) is 17.2 Å². The first-order chi connectivity index (χ1) is 16.7. The van der Waals surface area contributed by atoms with Gasteiger partial charge in [-0.1, -0.05) is 42.5 Å². The molecule has 3 aromatic heterocycles. The molecule has 34 heavy (non-hydrogen) atoms. The van der Waals surface area contributed by atoms with Crippen LogP contribution in [0.4, 0.5) is 8.78 Å². The summed E-state index contributed by atoms with van der Waals surface area (Å²) >= 11 is 0. The molecule has 0 amide bonds. The number of para-hydroxylation sites is 1. The Hall–Kier alpha value is -4.66. The van der Waals surface area contributed by atoms with Gasteiger partial charge in [0.2, 0.25) is 0 Å². The summed E-state index contributed by atoms with van der Waals surface area (Å²) in [5, 5.41) is 9.83. The van der Waals surface area contributed by atoms with E-state index in [4.69, 9.17) is 9.72 Å². The van der Waals surface area contributed by atoms with E-state index >= 15 is 0 Å². The molecule has 0 aliphatic heterocycles. The predicted octanol–water partition coefficient (Wildman–Crippen LogP) is 4.99. The van der Waals surface area contributed by atoms with E-state index in [-0.39, 0.29) is 12.4 Å². The van der Waals surface area contributed by atoms with Crippen molar-refractivity contribution in [3.8, 4) is 22.8 Å². The molecule has 0 bridgehead atoms. The minimum atomic E-state index is -0.757. The molecule has 0 aliphatic carbocycles. The summed E-state index contributed by atoms with van der Waals surface area (Å²) < 4.78 is 36.1. The standard InChI is InChI=1S/C25H16F2N6O/c26-17-10-11-22(21(27)12-17)34-14-16-6-4-5-9-19(16)23-30-25-20-13-29-33(18-7-2-1-3-8-18)24(20)28-15-32(25)31-23/h1-13,15H,14H2. The molecule has 0 aliphatic rings. The molecule has 0 unspecified atom stereocenters. The Morgan fingerprint density at radius 1 is 0.882 bits per heavy atom. The van der Waals surface area contributed by atoms with E-state index in [2.05, 4.69) is 15.2 Å². The molecular formula is C25H16F2N6O. The fourth-order valence-electron chi connectivity index (χ4n) is 3.81. The summed E-state index contributed by atoms with van der Waals surface area (Å²) in [6.07, 6.45) is 3.32. The van der Waals surface area contributed by atoms with Gasteiger partial charge in [0.25, 0.3) is 0 Å². The molecule has 6 aromatic rings. The molecule has 166 valence electrons. The van der Waals surface area contributed by atoms with Gasteiger partial charge in [0.05, 0.1) is 17.3 Å². The molecule has 9 heteroatoms. The molecule has 0 N–H and O–H groups in total. The van der Waals surface area contributed by atoms with Gasteiger partial charge < -0.3 is 4.74 Å². The van der Waals surface area contributed by atoms with Gasteiger partial charge in [-0.25, -0.2) is 27.9 Å². The summed E-state index contributed by atoms with van der Waals surface area (Å²) in [6, 6.07) is 20.4. The van der Waals surface area contributed by atoms with Crippen LogP contribution >= 0.6 is 0 Å². The van der Waals surface area contributed by atoms with E-state index in [9.17, 15) is 8.78 Å². The van der Waals surface area contributed by atoms with Crippen LogP contribution in [0, 0.1) is 11.6 Å². The van der Waals surface area contributed by atoms with Crippen LogP contribution in [0.5, 0.6) is 5.75 Å². The van der Waals surface area contributed by atoms with Gasteiger partial charge in [0.15, 0.2) is 28.7 Å². The number of ether oxygens (including phenoxy) is 1. The number of fused-ring (bicyclic) bond motifs is 3. The normalized spacial score (nSPS) is 11.4. The summed E-state index contributed by atoms with van der Waals surface area (Å²) in [6.45, 7) is 0.0634. The Kier molecular flexibility index (Phi) is 4.72. The second-order valence-corrected chi connectivity index (χ2v) is 7.60. The molecule has 0 saturated heterocycles. The third kappa shape index (κ3) is 3.43. The Bertz CT molecular complexity index is 1640. The summed E-state index contributed by atoms with van der Waals surface area (Å²) in [4.78, 5) is 9.27. The lowest BCUT2D eigenvalue weighted by Crippen LogP contribution is -2.00. The summed E-state index contributed by atoms with van der Waals surface area (Å²) in [7, 11) is 0. The van der Waals surface area contributed by atoms with Gasteiger partial charge in [-0.15, -0.1) is 5.10 Å². The van der Waals surface area contributed by atoms with E-state index in [1.54, 1.807) is 21.7 Å². The molecule has 0 radical (unpaired) electrons. The van der Waals surface area contributed by atoms with E-state index in [1.807, 2.05) is 54.6 Å². The van der Waals surface area contributed by atoms with Crippen LogP contribution in [0.2, 0.25) is 0 Å². The molecule has 3 heterocycles. The van der Waals surface area contributed by atoms with E-state index in [1.165, 1.54) is 6.07 Å². The number of aromatic nitrogens is 6. The minimum Gasteiger partial charge on any atom is -0.486 e. The quantitative estimate of drug-likeness (QED) is 0.367. The molecule has 0 spiro atoms. The fraction of sp³-hybridized carbons (Fsp3) is 0.0400. The van der Waals surface area contributed by atoms with Crippen molar-refractivity contribution in [2.75, 3.05) is 0 Å². The van der Waals surface area contributed by atoms with Crippen LogP contribution in [-0.2, 0) is 6.61 Å². The SMILES string of the molecule is Fc1ccc(OCc2ccccc2-c2nc3c4cnn(-c5ccccc5)c4ncn3n2)c(F)c1. The van der Waals surface area contributed by atoms with E-state index in [0.29, 0.717) is 17.1 Å². The van der Waals surface area contributed by atoms with Gasteiger partial charge in [0.1, 0.15) is 18.8 Å². The smallest absolute Gasteiger partial charge is 0.182 e. The highest BCUT2D eigenvalue weighted by atomic mass is 19.1. The number of hydrogen-bond acceptors (Lipinski definition) is 5. The van der Waals surface area contributed by atoms with E-state index < -0.39 is 11.6 Å². The highest BCUT2D eigenvalue weighted by Crippen LogP contribution is 2.26. The first-order valence-electron chi connectivity index (χ1n) is 10.5. The van der Waals surface area contributed by atoms with Gasteiger partial charge >= 0.3 is 0 Å². The lowest BCUT2D eigenvalue weighted by Gasteiger charge is -2.10. The molecule has 0 saturated carbocycles. The average Bonchev–Trinajstić information content (AvgIpc) is 3.48. The average molecular weight is 454 g/mol. The van der Waals surface area contributed by atoms with E-state index in [0.717, 1.165) is 34.3 Å². The lowest BCUT2D eigenvalue weighted by molar-refractivity contribution is 0.289. The monoisotopic (exact) mass is 454 g/mol. The maximum Gasteiger partial charge on any atom is 0.182 e. The van der Waals surface area contributed by atoms with Crippen molar-refractivity contribution in [3.05, 3.63) is 103 Å². The van der Waals surface area contributed by atoms with Crippen molar-refractivity contribution in [1.29, 1.82) is 0 Å². The van der Waals surface area contributed by atoms with Crippen LogP contribution in [0.3, 0.4) is 0 Å². The van der Waals surface area contributed by atoms with Crippen molar-refractivity contribution in [3.63, 3.8) is 0 Å². The Labute approximate surface area is 191 Å². The second-order valence-electron chi connectivity index (χ2n) is 7.60. The van der Waals surface area contributed by atoms with Crippen LogP contribution in [-0.4, -0.2) is 29.4 Å². The van der Waals surface area contributed by atoms with Crippen molar-refractivity contribution in [2.24, 2.45) is 0 Å². The minimum absolute atomic E-state index is 0.0293. The zero-order valence-electron chi connectivity index (χ0n) is 17.6. The molecule has 0 fully saturated rings. The van der Waals surface area contributed by atoms with Crippen molar-refractivity contribution in [1.82, 2.24) is 29.4 Å². The van der Waals surface area contributed by atoms with Crippen LogP contribution in [0.25, 0.3) is 33.8 Å². The van der Waals surface area contributed by atoms with Crippen molar-refractivity contribution >= 4 is 16.7 Å². The Morgan fingerprint density at radius 2 is 1.71 bits per heavy atom. The number of benzene rings is 3. The highest BCUT2D eigenvalue weighted by molar-refractivity contribution is 5.90. The molecule has 0 atom stereocenters. The molecule has 6 rings (SSSR count). The third-order valence-corrected chi connectivity index (χ3v) is 5.44. The number of nitrogens with zero attached hydrogens (tertiary/aromatic N) is 6. The first-order valence-corrected chi connectivity index (χ1v) is 10.5. The molecular weight excluding hydrogens is 438 g/mol. The summed E-state index contributed by atoms with van der Waals surface area (Å²) in [5.74, 6) is -0.971. The maximum absolute atomic E-state index is 14.0. The van der Waals surface area contributed by atoms with Crippen molar-refractivity contribution < 1.29 is 13.5 Å². The van der Waals surface area contributed by atoms with Crippen LogP contribution in [0.1, 0.15) is 5.56 Å². The zero-order chi connectivity index (χ0) is 23.1. The van der Waals surface area contributed by atoms with Crippen LogP contribution < -0.4 is 4.74 Å². The van der Waals surface area contributed by atoms with Gasteiger partial charge in [-0.2, -0.15) is 5.10 Å². The number of halogens is 2. The van der Waals surface area contributed by atoms with Gasteiger partial charge in [-0.3, -0.25) is 0 Å². The van der Waals surface area contributed by atoms with Gasteiger partial charge in [-0.05, 0) is 24.3 Å². The lowest BCUT2D eigenvalue weighted by atomic mass is 10.1. The van der Waals surface area contributed by atoms with Crippen LogP contribution in [0.15, 0.2) is 85.3 Å². The molecule has 3 aromatic carbocycles. The topological polar surface area (TPSA) is 70.1 Å². The number of hydrogen-bond donors (Lipinski definition) is 0. The fourth-order valence-corrected chi connectivity index (χ4v) is 3.81.